The van der Waals surface area contributed by atoms with E-state index in [0.29, 0.717) is 28.0 Å². The third-order valence-electron chi connectivity index (χ3n) is 10.9. The zero-order chi connectivity index (χ0) is 35.5. The molecule has 9 rings (SSSR count). The van der Waals surface area contributed by atoms with Crippen LogP contribution in [-0.4, -0.2) is 8.07 Å². The van der Waals surface area contributed by atoms with Crippen molar-refractivity contribution in [1.82, 2.24) is 0 Å². The smallest absolute Gasteiger partial charge is 0.140 e. The van der Waals surface area contributed by atoms with Crippen molar-refractivity contribution in [3.63, 3.8) is 0 Å². The van der Waals surface area contributed by atoms with Gasteiger partial charge in [-0.05, 0) is 64.0 Å². The van der Waals surface area contributed by atoms with Crippen molar-refractivity contribution >= 4 is 35.5 Å². The fourth-order valence-electron chi connectivity index (χ4n) is 8.58. The van der Waals surface area contributed by atoms with Crippen LogP contribution in [0.2, 0.25) is 13.1 Å². The standard InChI is InChI=1S/C47H33N3OSi/c1-52(2)43-26-13-10-23-40(43)50(41-24-11-14-27-44(41)52)36-28-37(45-32(30-48)16-15-17-33(45)31-49)46-39(29-36)47(34-18-5-3-6-19-34,35-20-7-4-8-21-35)38-22-9-12-25-42(38)51-46/h3-29H,1-2H3. The van der Waals surface area contributed by atoms with Gasteiger partial charge in [0.05, 0.1) is 28.7 Å². The maximum atomic E-state index is 10.6. The summed E-state index contributed by atoms with van der Waals surface area (Å²) in [7, 11) is -2.08. The SMILES string of the molecule is C[Si]1(C)c2ccccc2N(c2cc(-c3c(C#N)cccc3C#N)c3c(c2)C(c2ccccc2)(c2ccccc2)c2ccccc2O3)c2ccccc21. The minimum Gasteiger partial charge on any atom is -0.456 e. The molecule has 0 unspecified atom stereocenters. The first kappa shape index (κ1) is 31.3. The molecule has 246 valence electrons. The van der Waals surface area contributed by atoms with Crippen molar-refractivity contribution in [2.24, 2.45) is 0 Å². The van der Waals surface area contributed by atoms with Crippen LogP contribution in [0.4, 0.5) is 17.1 Å². The number of hydrogen-bond acceptors (Lipinski definition) is 4. The number of rotatable bonds is 4. The molecule has 0 fully saturated rings. The van der Waals surface area contributed by atoms with Crippen molar-refractivity contribution in [2.75, 3.05) is 4.90 Å². The second-order valence-electron chi connectivity index (χ2n) is 13.9. The third kappa shape index (κ3) is 4.44. The molecule has 7 aromatic rings. The second-order valence-corrected chi connectivity index (χ2v) is 18.2. The largest absolute Gasteiger partial charge is 0.456 e. The predicted octanol–water partition coefficient (Wildman–Crippen LogP) is 10.2. The van der Waals surface area contributed by atoms with Gasteiger partial charge in [0, 0.05) is 39.3 Å². The van der Waals surface area contributed by atoms with Crippen LogP contribution in [0.15, 0.2) is 164 Å². The molecule has 0 saturated heterocycles. The molecule has 0 saturated carbocycles. The van der Waals surface area contributed by atoms with E-state index in [1.165, 1.54) is 10.4 Å². The van der Waals surface area contributed by atoms with Crippen molar-refractivity contribution < 1.29 is 4.74 Å². The molecule has 0 radical (unpaired) electrons. The molecule has 0 spiro atoms. The maximum absolute atomic E-state index is 10.6. The normalized spacial score (nSPS) is 14.3. The first-order valence-corrected chi connectivity index (χ1v) is 20.5. The summed E-state index contributed by atoms with van der Waals surface area (Å²) in [6.45, 7) is 4.84. The van der Waals surface area contributed by atoms with Crippen molar-refractivity contribution in [3.05, 3.63) is 197 Å². The number of hydrogen-bond donors (Lipinski definition) is 0. The lowest BCUT2D eigenvalue weighted by Crippen LogP contribution is -2.58. The lowest BCUT2D eigenvalue weighted by Gasteiger charge is -2.44. The van der Waals surface area contributed by atoms with E-state index in [4.69, 9.17) is 4.74 Å². The number of ether oxygens (including phenoxy) is 1. The van der Waals surface area contributed by atoms with E-state index in [-0.39, 0.29) is 0 Å². The Bertz CT molecular complexity index is 2500. The monoisotopic (exact) mass is 683 g/mol. The molecular weight excluding hydrogens is 651 g/mol. The van der Waals surface area contributed by atoms with Crippen LogP contribution in [-0.2, 0) is 5.41 Å². The van der Waals surface area contributed by atoms with Crippen LogP contribution in [0.25, 0.3) is 11.1 Å². The van der Waals surface area contributed by atoms with Gasteiger partial charge in [-0.15, -0.1) is 0 Å². The van der Waals surface area contributed by atoms with Crippen LogP contribution in [0.5, 0.6) is 11.5 Å². The fourth-order valence-corrected chi connectivity index (χ4v) is 11.6. The van der Waals surface area contributed by atoms with E-state index < -0.39 is 13.5 Å². The molecule has 2 heterocycles. The highest BCUT2D eigenvalue weighted by Gasteiger charge is 2.47. The lowest BCUT2D eigenvalue weighted by molar-refractivity contribution is 0.436. The summed E-state index contributed by atoms with van der Waals surface area (Å²) in [5.74, 6) is 1.36. The molecule has 0 aromatic heterocycles. The van der Waals surface area contributed by atoms with Gasteiger partial charge in [-0.25, -0.2) is 0 Å². The van der Waals surface area contributed by atoms with E-state index in [1.807, 2.05) is 24.3 Å². The minimum absolute atomic E-state index is 0.416. The maximum Gasteiger partial charge on any atom is 0.140 e. The Kier molecular flexibility index (Phi) is 7.22. The van der Waals surface area contributed by atoms with Gasteiger partial charge in [0.25, 0.3) is 0 Å². The van der Waals surface area contributed by atoms with Crippen molar-refractivity contribution in [2.45, 2.75) is 18.5 Å². The highest BCUT2D eigenvalue weighted by atomic mass is 28.3. The summed E-state index contributed by atoms with van der Waals surface area (Å²) in [5, 5.41) is 23.8. The van der Waals surface area contributed by atoms with Crippen LogP contribution < -0.4 is 20.0 Å². The van der Waals surface area contributed by atoms with Gasteiger partial charge >= 0.3 is 0 Å². The molecule has 0 N–H and O–H groups in total. The number of nitrogens with zero attached hydrogens (tertiary/aromatic N) is 3. The van der Waals surface area contributed by atoms with Crippen LogP contribution in [0.3, 0.4) is 0 Å². The first-order valence-electron chi connectivity index (χ1n) is 17.5. The van der Waals surface area contributed by atoms with Gasteiger partial charge in [0.15, 0.2) is 0 Å². The van der Waals surface area contributed by atoms with Crippen molar-refractivity contribution in [3.8, 4) is 34.8 Å². The average Bonchev–Trinajstić information content (AvgIpc) is 3.20. The van der Waals surface area contributed by atoms with Gasteiger partial charge in [0.2, 0.25) is 0 Å². The van der Waals surface area contributed by atoms with Gasteiger partial charge in [0.1, 0.15) is 19.6 Å². The zero-order valence-corrected chi connectivity index (χ0v) is 29.8. The zero-order valence-electron chi connectivity index (χ0n) is 28.8. The molecule has 5 heteroatoms. The number of fused-ring (bicyclic) bond motifs is 4. The quantitative estimate of drug-likeness (QED) is 0.173. The molecule has 7 aromatic carbocycles. The van der Waals surface area contributed by atoms with Gasteiger partial charge in [-0.2, -0.15) is 10.5 Å². The van der Waals surface area contributed by atoms with Gasteiger partial charge < -0.3 is 9.64 Å². The molecule has 0 atom stereocenters. The Hall–Kier alpha value is -6.66. The van der Waals surface area contributed by atoms with Gasteiger partial charge in [-0.3, -0.25) is 0 Å². The summed E-state index contributed by atoms with van der Waals surface area (Å²) in [6, 6.07) is 61.5. The minimum atomic E-state index is -2.08. The first-order chi connectivity index (χ1) is 25.5. The van der Waals surface area contributed by atoms with Crippen LogP contribution >= 0.6 is 0 Å². The summed E-state index contributed by atoms with van der Waals surface area (Å²) >= 11 is 0. The summed E-state index contributed by atoms with van der Waals surface area (Å²) < 4.78 is 7.04. The predicted molar refractivity (Wildman–Crippen MR) is 211 cm³/mol. The lowest BCUT2D eigenvalue weighted by atomic mass is 9.63. The van der Waals surface area contributed by atoms with Crippen molar-refractivity contribution in [1.29, 1.82) is 10.5 Å². The Morgan fingerprint density at radius 1 is 0.558 bits per heavy atom. The Balaban J connectivity index is 1.49. The third-order valence-corrected chi connectivity index (χ3v) is 14.4. The highest BCUT2D eigenvalue weighted by molar-refractivity contribution is 7.02. The topological polar surface area (TPSA) is 60.0 Å². The molecule has 0 amide bonds. The molecule has 0 aliphatic carbocycles. The fraction of sp³-hybridized carbons (Fsp3) is 0.0638. The summed E-state index contributed by atoms with van der Waals surface area (Å²) in [6.07, 6.45) is 0. The number of para-hydroxylation sites is 3. The molecular formula is C47H33N3OSi. The molecule has 2 aliphatic heterocycles. The Morgan fingerprint density at radius 3 is 1.65 bits per heavy atom. The highest BCUT2D eigenvalue weighted by Crippen LogP contribution is 2.59. The van der Waals surface area contributed by atoms with E-state index in [2.05, 4.69) is 151 Å². The number of benzene rings is 7. The van der Waals surface area contributed by atoms with E-state index in [1.54, 1.807) is 18.2 Å². The number of nitriles is 2. The van der Waals surface area contributed by atoms with E-state index in [0.717, 1.165) is 45.1 Å². The average molecular weight is 684 g/mol. The van der Waals surface area contributed by atoms with Gasteiger partial charge in [-0.1, -0.05) is 134 Å². The molecule has 2 aliphatic rings. The van der Waals surface area contributed by atoms with E-state index in [9.17, 15) is 10.5 Å². The summed E-state index contributed by atoms with van der Waals surface area (Å²) in [5.41, 5.74) is 8.61. The van der Waals surface area contributed by atoms with Crippen LogP contribution in [0, 0.1) is 22.7 Å². The molecule has 4 nitrogen and oxygen atoms in total. The van der Waals surface area contributed by atoms with Crippen LogP contribution in [0.1, 0.15) is 33.4 Å². The number of anilines is 3. The second kappa shape index (κ2) is 12.0. The summed E-state index contributed by atoms with van der Waals surface area (Å²) in [4.78, 5) is 2.37. The Morgan fingerprint density at radius 2 is 1.08 bits per heavy atom. The molecule has 0 bridgehead atoms. The van der Waals surface area contributed by atoms with E-state index >= 15 is 0 Å². The Labute approximate surface area is 305 Å². The molecule has 52 heavy (non-hydrogen) atoms.